The summed E-state index contributed by atoms with van der Waals surface area (Å²) in [5.41, 5.74) is 0. The Morgan fingerprint density at radius 1 is 0.895 bits per heavy atom. The van der Waals surface area contributed by atoms with Crippen LogP contribution in [0.3, 0.4) is 0 Å². The molecule has 5 heteroatoms. The smallest absolute Gasteiger partial charge is 0.463 e. The van der Waals surface area contributed by atoms with E-state index in [2.05, 4.69) is 6.92 Å². The van der Waals surface area contributed by atoms with Crippen LogP contribution >= 0.6 is 0 Å². The molecule has 0 aliphatic carbocycles. The van der Waals surface area contributed by atoms with E-state index in [1.54, 1.807) is 0 Å². The lowest BCUT2D eigenvalue weighted by Gasteiger charge is -2.12. The molecule has 0 N–H and O–H groups in total. The van der Waals surface area contributed by atoms with Gasteiger partial charge in [0.2, 0.25) is 0 Å². The highest BCUT2D eigenvalue weighted by Gasteiger charge is 2.19. The maximum Gasteiger partial charge on any atom is 0.509 e. The molecule has 0 spiro atoms. The molecule has 1 atom stereocenters. The lowest BCUT2D eigenvalue weighted by Crippen LogP contribution is -2.27. The normalized spacial score (nSPS) is 11.7. The third kappa shape index (κ3) is 10.4. The molecular weight excluding hydrogens is 248 g/mol. The average molecular weight is 274 g/mol. The van der Waals surface area contributed by atoms with E-state index in [9.17, 15) is 9.59 Å². The fraction of sp³-hybridized carbons (Fsp3) is 0.857. The van der Waals surface area contributed by atoms with Gasteiger partial charge >= 0.3 is 12.1 Å². The minimum absolute atomic E-state index is 0.330. The second-order valence-electron chi connectivity index (χ2n) is 4.44. The summed E-state index contributed by atoms with van der Waals surface area (Å²) in [5.74, 6) is -0.531. The van der Waals surface area contributed by atoms with Gasteiger partial charge in [-0.3, -0.25) is 0 Å². The van der Waals surface area contributed by atoms with E-state index in [1.807, 2.05) is 6.92 Å². The predicted molar refractivity (Wildman–Crippen MR) is 71.9 cm³/mol. The molecule has 0 rings (SSSR count). The number of hydrogen-bond donors (Lipinski definition) is 0. The summed E-state index contributed by atoms with van der Waals surface area (Å²) in [5, 5.41) is 0. The summed E-state index contributed by atoms with van der Waals surface area (Å²) in [7, 11) is 0. The molecule has 19 heavy (non-hydrogen) atoms. The maximum absolute atomic E-state index is 11.4. The highest BCUT2D eigenvalue weighted by Crippen LogP contribution is 2.02. The quantitative estimate of drug-likeness (QED) is 0.451. The molecule has 0 aliphatic heterocycles. The highest BCUT2D eigenvalue weighted by molar-refractivity contribution is 5.76. The summed E-state index contributed by atoms with van der Waals surface area (Å²) in [6.45, 7) is 6.28. The molecule has 0 aromatic rings. The molecule has 0 amide bonds. The van der Waals surface area contributed by atoms with Crippen LogP contribution in [0.25, 0.3) is 0 Å². The lowest BCUT2D eigenvalue weighted by molar-refractivity contribution is -0.154. The molecule has 0 aliphatic rings. The Kier molecular flexibility index (Phi) is 11.0. The molecule has 0 heterocycles. The Balaban J connectivity index is 3.64. The van der Waals surface area contributed by atoms with Gasteiger partial charge in [0.1, 0.15) is 0 Å². The Labute approximate surface area is 115 Å². The summed E-state index contributed by atoms with van der Waals surface area (Å²) >= 11 is 0. The molecule has 0 saturated carbocycles. The first-order chi connectivity index (χ1) is 9.11. The van der Waals surface area contributed by atoms with Crippen molar-refractivity contribution >= 4 is 12.1 Å². The third-order valence-electron chi connectivity index (χ3n) is 2.56. The van der Waals surface area contributed by atoms with Crippen molar-refractivity contribution < 1.29 is 23.8 Å². The van der Waals surface area contributed by atoms with Crippen LogP contribution in [0.1, 0.15) is 59.3 Å². The summed E-state index contributed by atoms with van der Waals surface area (Å²) in [6, 6.07) is 0. The van der Waals surface area contributed by atoms with Crippen LogP contribution < -0.4 is 0 Å². The summed E-state index contributed by atoms with van der Waals surface area (Å²) < 4.78 is 14.6. The fourth-order valence-corrected chi connectivity index (χ4v) is 1.35. The topological polar surface area (TPSA) is 61.8 Å². The minimum Gasteiger partial charge on any atom is -0.463 e. The van der Waals surface area contributed by atoms with Crippen LogP contribution in [0, 0.1) is 0 Å². The van der Waals surface area contributed by atoms with Gasteiger partial charge in [-0.25, -0.2) is 9.59 Å². The van der Waals surface area contributed by atoms with Crippen molar-refractivity contribution in [3.63, 3.8) is 0 Å². The summed E-state index contributed by atoms with van der Waals surface area (Å²) in [4.78, 5) is 22.7. The molecule has 0 bridgehead atoms. The molecule has 0 saturated heterocycles. The van der Waals surface area contributed by atoms with E-state index in [0.717, 1.165) is 38.5 Å². The molecule has 0 fully saturated rings. The number of rotatable bonds is 10. The number of carbonyl (C=O) groups excluding carboxylic acids is 2. The van der Waals surface area contributed by atoms with Gasteiger partial charge in [0.25, 0.3) is 0 Å². The van der Waals surface area contributed by atoms with Gasteiger partial charge in [0.15, 0.2) is 6.10 Å². The van der Waals surface area contributed by atoms with Gasteiger partial charge in [-0.05, 0) is 19.8 Å². The molecule has 0 radical (unpaired) electrons. The zero-order chi connectivity index (χ0) is 14.5. The van der Waals surface area contributed by atoms with Gasteiger partial charge in [-0.1, -0.05) is 39.5 Å². The van der Waals surface area contributed by atoms with Crippen LogP contribution in [0.5, 0.6) is 0 Å². The van der Waals surface area contributed by atoms with Crippen molar-refractivity contribution in [3.8, 4) is 0 Å². The second kappa shape index (κ2) is 11.8. The zero-order valence-corrected chi connectivity index (χ0v) is 12.3. The highest BCUT2D eigenvalue weighted by atomic mass is 16.7. The van der Waals surface area contributed by atoms with Crippen LogP contribution in [0.15, 0.2) is 0 Å². The first-order valence-electron chi connectivity index (χ1n) is 7.11. The minimum atomic E-state index is -0.917. The van der Waals surface area contributed by atoms with Crippen molar-refractivity contribution in [2.45, 2.75) is 65.4 Å². The van der Waals surface area contributed by atoms with E-state index in [1.165, 1.54) is 6.92 Å². The predicted octanol–water partition coefficient (Wildman–Crippen LogP) is 3.45. The lowest BCUT2D eigenvalue weighted by atomic mass is 10.2. The van der Waals surface area contributed by atoms with Crippen molar-refractivity contribution in [2.24, 2.45) is 0 Å². The number of esters is 1. The van der Waals surface area contributed by atoms with E-state index in [-0.39, 0.29) is 0 Å². The SMILES string of the molecule is CCCCCCOC(=O)O[C@H](C)C(=O)OCCCC. The molecule has 0 aromatic carbocycles. The first kappa shape index (κ1) is 17.7. The Morgan fingerprint density at radius 3 is 2.16 bits per heavy atom. The Bertz CT molecular complexity index is 252. The van der Waals surface area contributed by atoms with Gasteiger partial charge in [-0.2, -0.15) is 0 Å². The second-order valence-corrected chi connectivity index (χ2v) is 4.44. The Morgan fingerprint density at radius 2 is 1.53 bits per heavy atom. The van der Waals surface area contributed by atoms with Gasteiger partial charge in [0.05, 0.1) is 13.2 Å². The van der Waals surface area contributed by atoms with Crippen molar-refractivity contribution in [1.29, 1.82) is 0 Å². The van der Waals surface area contributed by atoms with Crippen molar-refractivity contribution in [1.82, 2.24) is 0 Å². The zero-order valence-electron chi connectivity index (χ0n) is 12.3. The first-order valence-corrected chi connectivity index (χ1v) is 7.11. The van der Waals surface area contributed by atoms with Crippen LogP contribution in [0.4, 0.5) is 4.79 Å². The molecule has 112 valence electrons. The maximum atomic E-state index is 11.4. The van der Waals surface area contributed by atoms with E-state index >= 15 is 0 Å². The molecule has 5 nitrogen and oxygen atoms in total. The molecule has 0 unspecified atom stereocenters. The van der Waals surface area contributed by atoms with E-state index in [0.29, 0.717) is 13.2 Å². The third-order valence-corrected chi connectivity index (χ3v) is 2.56. The standard InChI is InChI=1S/C14H26O5/c1-4-6-8-9-11-18-14(16)19-12(3)13(15)17-10-7-5-2/h12H,4-11H2,1-3H3/t12-/m1/s1. The summed E-state index contributed by atoms with van der Waals surface area (Å²) in [6.07, 6.45) is 4.12. The van der Waals surface area contributed by atoms with Crippen LogP contribution in [-0.2, 0) is 19.0 Å². The molecule has 0 aromatic heterocycles. The van der Waals surface area contributed by atoms with Crippen molar-refractivity contribution in [3.05, 3.63) is 0 Å². The average Bonchev–Trinajstić information content (AvgIpc) is 2.38. The largest absolute Gasteiger partial charge is 0.509 e. The Hall–Kier alpha value is -1.26. The van der Waals surface area contributed by atoms with E-state index in [4.69, 9.17) is 14.2 Å². The fourth-order valence-electron chi connectivity index (χ4n) is 1.35. The molecular formula is C14H26O5. The monoisotopic (exact) mass is 274 g/mol. The van der Waals surface area contributed by atoms with Gasteiger partial charge < -0.3 is 14.2 Å². The van der Waals surface area contributed by atoms with Gasteiger partial charge in [-0.15, -0.1) is 0 Å². The number of hydrogen-bond acceptors (Lipinski definition) is 5. The van der Waals surface area contributed by atoms with Crippen LogP contribution in [0.2, 0.25) is 0 Å². The van der Waals surface area contributed by atoms with Crippen molar-refractivity contribution in [2.75, 3.05) is 13.2 Å². The number of carbonyl (C=O) groups is 2. The number of unbranched alkanes of at least 4 members (excludes halogenated alkanes) is 4. The number of ether oxygens (including phenoxy) is 3. The van der Waals surface area contributed by atoms with Crippen LogP contribution in [-0.4, -0.2) is 31.4 Å². The van der Waals surface area contributed by atoms with E-state index < -0.39 is 18.2 Å². The van der Waals surface area contributed by atoms with Gasteiger partial charge in [0, 0.05) is 0 Å².